The summed E-state index contributed by atoms with van der Waals surface area (Å²) >= 11 is 0. The van der Waals surface area contributed by atoms with Crippen LogP contribution in [0.2, 0.25) is 0 Å². The predicted octanol–water partition coefficient (Wildman–Crippen LogP) is 16.3. The van der Waals surface area contributed by atoms with E-state index >= 15 is 0 Å². The van der Waals surface area contributed by atoms with Crippen molar-refractivity contribution in [3.8, 4) is 44.5 Å². The fourth-order valence-electron chi connectivity index (χ4n) is 10.6. The molecule has 62 heavy (non-hydrogen) atoms. The zero-order valence-electron chi connectivity index (χ0n) is 35.8. The van der Waals surface area contributed by atoms with Crippen LogP contribution in [-0.2, 0) is 10.8 Å². The molecule has 0 N–H and O–H groups in total. The molecule has 0 amide bonds. The topological polar surface area (TPSA) is 0 Å². The van der Waals surface area contributed by atoms with E-state index in [1.807, 2.05) is 0 Å². The summed E-state index contributed by atoms with van der Waals surface area (Å²) in [5.74, 6) is 0. The van der Waals surface area contributed by atoms with Crippen LogP contribution in [0.5, 0.6) is 0 Å². The SMILES string of the molecule is Cc1ccc2ccc(-c3ccc4c(c3)C(C)(C)c3ccccc3-4)cc2c1.Cc1ccc2ccc(-c3ccc4c(c3)C(c3ccccc3)(c3ccccc3)c3ccccc3-4)cc2c1. The minimum atomic E-state index is -0.363. The van der Waals surface area contributed by atoms with Gasteiger partial charge in [-0.05, 0) is 138 Å². The molecule has 2 aliphatic rings. The monoisotopic (exact) mass is 792 g/mol. The molecule has 0 heteroatoms. The van der Waals surface area contributed by atoms with Crippen LogP contribution in [0, 0.1) is 13.8 Å². The van der Waals surface area contributed by atoms with Crippen molar-refractivity contribution >= 4 is 21.5 Å². The Labute approximate surface area is 365 Å². The molecule has 2 aliphatic carbocycles. The second-order valence-corrected chi connectivity index (χ2v) is 17.8. The third-order valence-corrected chi connectivity index (χ3v) is 13.7. The van der Waals surface area contributed by atoms with Gasteiger partial charge in [0.15, 0.2) is 0 Å². The Morgan fingerprint density at radius 1 is 0.274 bits per heavy atom. The van der Waals surface area contributed by atoms with Crippen LogP contribution in [-0.4, -0.2) is 0 Å². The van der Waals surface area contributed by atoms with Gasteiger partial charge in [0.1, 0.15) is 0 Å². The molecule has 0 atom stereocenters. The van der Waals surface area contributed by atoms with E-state index in [-0.39, 0.29) is 10.8 Å². The van der Waals surface area contributed by atoms with E-state index in [9.17, 15) is 0 Å². The Morgan fingerprint density at radius 2 is 0.661 bits per heavy atom. The van der Waals surface area contributed by atoms with Crippen LogP contribution in [0.3, 0.4) is 0 Å². The zero-order valence-corrected chi connectivity index (χ0v) is 35.8. The summed E-state index contributed by atoms with van der Waals surface area (Å²) in [6, 6.07) is 80.7. The van der Waals surface area contributed by atoms with Crippen LogP contribution in [0.15, 0.2) is 218 Å². The average molecular weight is 793 g/mol. The number of hydrogen-bond donors (Lipinski definition) is 0. The Morgan fingerprint density at radius 3 is 1.21 bits per heavy atom. The molecule has 0 spiro atoms. The van der Waals surface area contributed by atoms with Crippen LogP contribution in [0.1, 0.15) is 58.4 Å². The lowest BCUT2D eigenvalue weighted by Crippen LogP contribution is -2.28. The van der Waals surface area contributed by atoms with Gasteiger partial charge >= 0.3 is 0 Å². The smallest absolute Gasteiger partial charge is 0.0622 e. The fourth-order valence-corrected chi connectivity index (χ4v) is 10.6. The van der Waals surface area contributed by atoms with Gasteiger partial charge < -0.3 is 0 Å². The van der Waals surface area contributed by atoms with E-state index < -0.39 is 0 Å². The molecule has 10 aromatic carbocycles. The number of benzene rings is 10. The highest BCUT2D eigenvalue weighted by atomic mass is 14.5. The highest BCUT2D eigenvalue weighted by Crippen LogP contribution is 2.57. The Hall–Kier alpha value is -7.28. The lowest BCUT2D eigenvalue weighted by Gasteiger charge is -2.34. The minimum absolute atomic E-state index is 0.0510. The van der Waals surface area contributed by atoms with Gasteiger partial charge in [0, 0.05) is 5.41 Å². The largest absolute Gasteiger partial charge is 0.0713 e. The maximum atomic E-state index is 2.44. The molecular weight excluding hydrogens is 745 g/mol. The molecule has 12 rings (SSSR count). The lowest BCUT2D eigenvalue weighted by atomic mass is 9.67. The summed E-state index contributed by atoms with van der Waals surface area (Å²) in [6.07, 6.45) is 0. The molecule has 0 heterocycles. The molecule has 0 saturated carbocycles. The first-order valence-electron chi connectivity index (χ1n) is 21.9. The standard InChI is InChI=1S/C36H26.C26H22/c1-25-16-17-26-18-19-27(23-29(26)22-25)28-20-21-33-32-14-8-9-15-34(32)36(35(33)24-28,30-10-4-2-5-11-30)31-12-6-3-7-13-31;1-17-8-9-18-10-11-19(15-21(18)14-17)20-12-13-23-22-6-4-5-7-24(22)26(2,3)25(23)16-20/h2-24H,1H3;4-16H,1-3H3. The summed E-state index contributed by atoms with van der Waals surface area (Å²) in [6.45, 7) is 8.99. The quantitative estimate of drug-likeness (QED) is 0.167. The van der Waals surface area contributed by atoms with Crippen molar-refractivity contribution in [2.45, 2.75) is 38.5 Å². The molecule has 0 fully saturated rings. The average Bonchev–Trinajstić information content (AvgIpc) is 3.74. The van der Waals surface area contributed by atoms with E-state index in [1.54, 1.807) is 0 Å². The van der Waals surface area contributed by atoms with Crippen LogP contribution < -0.4 is 0 Å². The minimum Gasteiger partial charge on any atom is -0.0622 e. The number of rotatable bonds is 4. The second kappa shape index (κ2) is 14.7. The van der Waals surface area contributed by atoms with Gasteiger partial charge in [0.05, 0.1) is 5.41 Å². The van der Waals surface area contributed by atoms with Crippen molar-refractivity contribution in [2.24, 2.45) is 0 Å². The molecule has 0 aromatic heterocycles. The first-order valence-corrected chi connectivity index (χ1v) is 21.9. The van der Waals surface area contributed by atoms with Crippen LogP contribution in [0.4, 0.5) is 0 Å². The number of hydrogen-bond acceptors (Lipinski definition) is 0. The summed E-state index contributed by atoms with van der Waals surface area (Å²) in [4.78, 5) is 0. The van der Waals surface area contributed by atoms with Crippen molar-refractivity contribution in [3.63, 3.8) is 0 Å². The fraction of sp³-hybridized carbons (Fsp3) is 0.0968. The van der Waals surface area contributed by atoms with E-state index in [0.717, 1.165) is 0 Å². The van der Waals surface area contributed by atoms with E-state index in [4.69, 9.17) is 0 Å². The third-order valence-electron chi connectivity index (χ3n) is 13.7. The van der Waals surface area contributed by atoms with Gasteiger partial charge in [-0.25, -0.2) is 0 Å². The summed E-state index contributed by atoms with van der Waals surface area (Å²) in [7, 11) is 0. The normalized spacial score (nSPS) is 13.7. The zero-order chi connectivity index (χ0) is 42.0. The summed E-state index contributed by atoms with van der Waals surface area (Å²) in [5.41, 5.74) is 20.9. The molecule has 0 nitrogen and oxygen atoms in total. The van der Waals surface area contributed by atoms with Gasteiger partial charge in [-0.3, -0.25) is 0 Å². The first kappa shape index (κ1) is 37.7. The Kier molecular flexibility index (Phi) is 8.95. The summed E-state index contributed by atoms with van der Waals surface area (Å²) < 4.78 is 0. The first-order chi connectivity index (χ1) is 30.3. The molecule has 0 saturated heterocycles. The van der Waals surface area contributed by atoms with Crippen molar-refractivity contribution < 1.29 is 0 Å². The Bertz CT molecular complexity index is 3290. The Balaban J connectivity index is 0.000000147. The van der Waals surface area contributed by atoms with Crippen molar-refractivity contribution in [1.82, 2.24) is 0 Å². The molecule has 0 unspecified atom stereocenters. The maximum Gasteiger partial charge on any atom is 0.0713 e. The lowest BCUT2D eigenvalue weighted by molar-refractivity contribution is 0.660. The van der Waals surface area contributed by atoms with E-state index in [2.05, 4.69) is 246 Å². The predicted molar refractivity (Wildman–Crippen MR) is 263 cm³/mol. The molecule has 10 aromatic rings. The highest BCUT2D eigenvalue weighted by Gasteiger charge is 2.46. The van der Waals surface area contributed by atoms with Crippen molar-refractivity contribution in [1.29, 1.82) is 0 Å². The third kappa shape index (κ3) is 6.05. The van der Waals surface area contributed by atoms with Crippen LogP contribution >= 0.6 is 0 Å². The number of aryl methyl sites for hydroxylation is 2. The van der Waals surface area contributed by atoms with E-state index in [1.165, 1.54) is 111 Å². The molecular formula is C62H48. The molecule has 0 aliphatic heterocycles. The van der Waals surface area contributed by atoms with E-state index in [0.29, 0.717) is 0 Å². The van der Waals surface area contributed by atoms with Gasteiger partial charge in [-0.15, -0.1) is 0 Å². The number of fused-ring (bicyclic) bond motifs is 8. The second-order valence-electron chi connectivity index (χ2n) is 17.8. The molecule has 296 valence electrons. The highest BCUT2D eigenvalue weighted by molar-refractivity contribution is 5.92. The van der Waals surface area contributed by atoms with Gasteiger partial charge in [0.25, 0.3) is 0 Å². The molecule has 0 radical (unpaired) electrons. The van der Waals surface area contributed by atoms with Gasteiger partial charge in [0.2, 0.25) is 0 Å². The van der Waals surface area contributed by atoms with Gasteiger partial charge in [-0.1, -0.05) is 219 Å². The molecule has 0 bridgehead atoms. The van der Waals surface area contributed by atoms with Crippen molar-refractivity contribution in [2.75, 3.05) is 0 Å². The van der Waals surface area contributed by atoms with Gasteiger partial charge in [-0.2, -0.15) is 0 Å². The maximum absolute atomic E-state index is 2.44. The van der Waals surface area contributed by atoms with Crippen molar-refractivity contribution in [3.05, 3.63) is 263 Å². The van der Waals surface area contributed by atoms with Crippen LogP contribution in [0.25, 0.3) is 66.1 Å². The summed E-state index contributed by atoms with van der Waals surface area (Å²) in [5, 5.41) is 5.17.